The zero-order valence-electron chi connectivity index (χ0n) is 16.3. The van der Waals surface area contributed by atoms with Gasteiger partial charge in [0.25, 0.3) is 0 Å². The minimum Gasteiger partial charge on any atom is -0.497 e. The summed E-state index contributed by atoms with van der Waals surface area (Å²) in [5.74, 6) is 0.756. The Morgan fingerprint density at radius 2 is 2.00 bits per heavy atom. The third-order valence-electron chi connectivity index (χ3n) is 5.27. The quantitative estimate of drug-likeness (QED) is 0.676. The second kappa shape index (κ2) is 9.42. The molecule has 0 bridgehead atoms. The van der Waals surface area contributed by atoms with Crippen LogP contribution in [0.25, 0.3) is 0 Å². The Bertz CT molecular complexity index is 730. The highest BCUT2D eigenvalue weighted by Gasteiger charge is 2.29. The van der Waals surface area contributed by atoms with Gasteiger partial charge in [-0.2, -0.15) is 5.26 Å². The van der Waals surface area contributed by atoms with E-state index in [1.165, 1.54) is 0 Å². The predicted octanol–water partition coefficient (Wildman–Crippen LogP) is 1.04. The van der Waals surface area contributed by atoms with Crippen molar-refractivity contribution < 1.29 is 14.3 Å². The van der Waals surface area contributed by atoms with E-state index in [0.29, 0.717) is 39.3 Å². The first-order valence-corrected chi connectivity index (χ1v) is 9.69. The van der Waals surface area contributed by atoms with Crippen molar-refractivity contribution in [2.24, 2.45) is 0 Å². The lowest BCUT2D eigenvalue weighted by atomic mass is 10.2. The van der Waals surface area contributed by atoms with E-state index in [0.717, 1.165) is 24.2 Å². The molecular weight excluding hydrogens is 358 g/mol. The fourth-order valence-electron chi connectivity index (χ4n) is 3.65. The molecule has 8 heteroatoms. The predicted molar refractivity (Wildman–Crippen MR) is 104 cm³/mol. The molecule has 1 atom stereocenters. The molecule has 1 N–H and O–H groups in total. The average molecular weight is 385 g/mol. The number of nitriles is 1. The van der Waals surface area contributed by atoms with Crippen LogP contribution in [0.1, 0.15) is 18.4 Å². The Hall–Kier alpha value is -2.79. The molecule has 2 fully saturated rings. The van der Waals surface area contributed by atoms with Gasteiger partial charge in [-0.25, -0.2) is 4.79 Å². The summed E-state index contributed by atoms with van der Waals surface area (Å²) in [7, 11) is 1.63. The SMILES string of the molecule is COc1ccc(CN2CCN(CCNCC(=O)N3CCC[C@H]3C#N)C2=O)cc1. The molecule has 2 aliphatic rings. The van der Waals surface area contributed by atoms with Gasteiger partial charge < -0.3 is 24.8 Å². The maximum Gasteiger partial charge on any atom is 0.320 e. The first-order chi connectivity index (χ1) is 13.6. The summed E-state index contributed by atoms with van der Waals surface area (Å²) in [6.45, 7) is 3.94. The monoisotopic (exact) mass is 385 g/mol. The fourth-order valence-corrected chi connectivity index (χ4v) is 3.65. The number of ether oxygens (including phenoxy) is 1. The Kier molecular flexibility index (Phi) is 6.71. The molecule has 0 unspecified atom stereocenters. The first kappa shape index (κ1) is 20.0. The van der Waals surface area contributed by atoms with Gasteiger partial charge >= 0.3 is 6.03 Å². The maximum atomic E-state index is 12.5. The van der Waals surface area contributed by atoms with Crippen molar-refractivity contribution in [3.8, 4) is 11.8 Å². The molecule has 0 radical (unpaired) electrons. The number of likely N-dealkylation sites (tertiary alicyclic amines) is 1. The summed E-state index contributed by atoms with van der Waals surface area (Å²) < 4.78 is 5.16. The summed E-state index contributed by atoms with van der Waals surface area (Å²) in [5, 5.41) is 12.2. The molecule has 2 aliphatic heterocycles. The van der Waals surface area contributed by atoms with E-state index in [1.807, 2.05) is 29.2 Å². The van der Waals surface area contributed by atoms with Gasteiger partial charge in [0.1, 0.15) is 11.8 Å². The van der Waals surface area contributed by atoms with Crippen molar-refractivity contribution >= 4 is 11.9 Å². The van der Waals surface area contributed by atoms with Crippen LogP contribution in [0, 0.1) is 11.3 Å². The summed E-state index contributed by atoms with van der Waals surface area (Å²) >= 11 is 0. The van der Waals surface area contributed by atoms with Gasteiger partial charge in [-0.3, -0.25) is 4.79 Å². The van der Waals surface area contributed by atoms with Crippen molar-refractivity contribution in [1.29, 1.82) is 5.26 Å². The minimum atomic E-state index is -0.291. The molecule has 3 amide bonds. The molecule has 0 spiro atoms. The number of methoxy groups -OCH3 is 1. The lowest BCUT2D eigenvalue weighted by molar-refractivity contribution is -0.130. The third-order valence-corrected chi connectivity index (χ3v) is 5.27. The van der Waals surface area contributed by atoms with Gasteiger partial charge in [-0.1, -0.05) is 12.1 Å². The van der Waals surface area contributed by atoms with Gasteiger partial charge in [0.05, 0.1) is 19.7 Å². The van der Waals surface area contributed by atoms with E-state index < -0.39 is 0 Å². The Morgan fingerprint density at radius 1 is 1.25 bits per heavy atom. The van der Waals surface area contributed by atoms with Gasteiger partial charge in [-0.05, 0) is 30.5 Å². The lowest BCUT2D eigenvalue weighted by Gasteiger charge is -2.21. The zero-order chi connectivity index (χ0) is 19.9. The van der Waals surface area contributed by atoms with Gasteiger partial charge in [0.15, 0.2) is 0 Å². The molecular formula is C20H27N5O3. The minimum absolute atomic E-state index is 0.0213. The number of nitrogens with zero attached hydrogens (tertiary/aromatic N) is 4. The molecule has 3 rings (SSSR count). The second-order valence-electron chi connectivity index (χ2n) is 7.09. The Balaban J connectivity index is 1.38. The molecule has 0 saturated carbocycles. The summed E-state index contributed by atoms with van der Waals surface area (Å²) in [6.07, 6.45) is 1.64. The van der Waals surface area contributed by atoms with Gasteiger partial charge in [-0.15, -0.1) is 0 Å². The highest BCUT2D eigenvalue weighted by atomic mass is 16.5. The standard InChI is InChI=1S/C20H27N5O3/c1-28-18-6-4-16(5-7-18)15-24-12-11-23(20(24)27)10-8-22-14-19(26)25-9-2-3-17(25)13-21/h4-7,17,22H,2-3,8-12,14-15H2,1H3/t17-/m0/s1. The Morgan fingerprint density at radius 3 is 2.71 bits per heavy atom. The number of hydrogen-bond donors (Lipinski definition) is 1. The molecule has 8 nitrogen and oxygen atoms in total. The Labute approximate surface area is 165 Å². The zero-order valence-corrected chi connectivity index (χ0v) is 16.3. The van der Waals surface area contributed by atoms with Crippen LogP contribution in [0.3, 0.4) is 0 Å². The molecule has 0 aromatic heterocycles. The molecule has 28 heavy (non-hydrogen) atoms. The van der Waals surface area contributed by atoms with Crippen LogP contribution in [0.5, 0.6) is 5.75 Å². The van der Waals surface area contributed by atoms with Crippen LogP contribution in [-0.2, 0) is 11.3 Å². The highest BCUT2D eigenvalue weighted by molar-refractivity contribution is 5.79. The number of rotatable bonds is 8. The van der Waals surface area contributed by atoms with Crippen molar-refractivity contribution in [3.05, 3.63) is 29.8 Å². The number of amides is 3. The molecule has 2 heterocycles. The maximum absolute atomic E-state index is 12.5. The lowest BCUT2D eigenvalue weighted by Crippen LogP contribution is -2.42. The van der Waals surface area contributed by atoms with Crippen molar-refractivity contribution in [3.63, 3.8) is 0 Å². The fraction of sp³-hybridized carbons (Fsp3) is 0.550. The normalized spacial score (nSPS) is 19.2. The van der Waals surface area contributed by atoms with Crippen molar-refractivity contribution in [2.45, 2.75) is 25.4 Å². The number of nitrogens with one attached hydrogen (secondary N) is 1. The smallest absolute Gasteiger partial charge is 0.320 e. The van der Waals surface area contributed by atoms with Crippen LogP contribution in [0.4, 0.5) is 4.79 Å². The molecule has 1 aromatic carbocycles. The number of carbonyl (C=O) groups excluding carboxylic acids is 2. The largest absolute Gasteiger partial charge is 0.497 e. The number of benzene rings is 1. The van der Waals surface area contributed by atoms with E-state index in [4.69, 9.17) is 10.00 Å². The van der Waals surface area contributed by atoms with Crippen molar-refractivity contribution in [2.75, 3.05) is 46.4 Å². The van der Waals surface area contributed by atoms with E-state index in [2.05, 4.69) is 11.4 Å². The van der Waals surface area contributed by atoms with E-state index >= 15 is 0 Å². The summed E-state index contributed by atoms with van der Waals surface area (Å²) in [6, 6.07) is 9.63. The molecule has 2 saturated heterocycles. The second-order valence-corrected chi connectivity index (χ2v) is 7.09. The van der Waals surface area contributed by atoms with Crippen LogP contribution in [0.15, 0.2) is 24.3 Å². The highest BCUT2D eigenvalue weighted by Crippen LogP contribution is 2.17. The third kappa shape index (κ3) is 4.73. The summed E-state index contributed by atoms with van der Waals surface area (Å²) in [5.41, 5.74) is 1.07. The first-order valence-electron chi connectivity index (χ1n) is 9.69. The number of hydrogen-bond acceptors (Lipinski definition) is 5. The number of carbonyl (C=O) groups is 2. The topological polar surface area (TPSA) is 88.9 Å². The van der Waals surface area contributed by atoms with E-state index in [1.54, 1.807) is 16.9 Å². The summed E-state index contributed by atoms with van der Waals surface area (Å²) in [4.78, 5) is 30.0. The van der Waals surface area contributed by atoms with Crippen LogP contribution >= 0.6 is 0 Å². The van der Waals surface area contributed by atoms with Crippen LogP contribution in [-0.4, -0.2) is 79.1 Å². The van der Waals surface area contributed by atoms with E-state index in [-0.39, 0.29) is 24.5 Å². The van der Waals surface area contributed by atoms with Crippen molar-refractivity contribution in [1.82, 2.24) is 20.0 Å². The molecule has 1 aromatic rings. The molecule has 150 valence electrons. The van der Waals surface area contributed by atoms with E-state index in [9.17, 15) is 9.59 Å². The number of urea groups is 1. The van der Waals surface area contributed by atoms with Crippen LogP contribution in [0.2, 0.25) is 0 Å². The van der Waals surface area contributed by atoms with Crippen LogP contribution < -0.4 is 10.1 Å². The average Bonchev–Trinajstić information content (AvgIpc) is 3.33. The van der Waals surface area contributed by atoms with Gasteiger partial charge in [0, 0.05) is 39.3 Å². The van der Waals surface area contributed by atoms with Gasteiger partial charge in [0.2, 0.25) is 5.91 Å². The molecule has 0 aliphatic carbocycles.